The van der Waals surface area contributed by atoms with Gasteiger partial charge in [-0.25, -0.2) is 8.78 Å². The van der Waals surface area contributed by atoms with Gasteiger partial charge in [-0.2, -0.15) is 0 Å². The summed E-state index contributed by atoms with van der Waals surface area (Å²) in [4.78, 5) is 11.0. The molecule has 3 nitrogen and oxygen atoms in total. The van der Waals surface area contributed by atoms with Crippen LogP contribution in [0.4, 0.5) is 8.78 Å². The van der Waals surface area contributed by atoms with E-state index in [-0.39, 0.29) is 42.3 Å². The first-order valence-electron chi connectivity index (χ1n) is 9.64. The van der Waals surface area contributed by atoms with E-state index in [1.807, 2.05) is 12.1 Å². The monoisotopic (exact) mass is 364 g/mol. The molecule has 0 saturated heterocycles. The minimum Gasteiger partial charge on any atom is -0.508 e. The Morgan fingerprint density at radius 1 is 1.31 bits per heavy atom. The summed E-state index contributed by atoms with van der Waals surface area (Å²) >= 11 is 0. The van der Waals surface area contributed by atoms with Crippen LogP contribution in [0.2, 0.25) is 0 Å². The summed E-state index contributed by atoms with van der Waals surface area (Å²) in [5.41, 5.74) is 1.32. The van der Waals surface area contributed by atoms with Gasteiger partial charge in [0.2, 0.25) is 0 Å². The van der Waals surface area contributed by atoms with Gasteiger partial charge in [0, 0.05) is 18.3 Å². The number of aryl methyl sites for hydroxylation is 1. The van der Waals surface area contributed by atoms with Crippen molar-refractivity contribution < 1.29 is 23.8 Å². The van der Waals surface area contributed by atoms with Crippen molar-refractivity contribution in [3.63, 3.8) is 0 Å². The number of halogens is 2. The van der Waals surface area contributed by atoms with Crippen LogP contribution >= 0.6 is 0 Å². The topological polar surface area (TPSA) is 57.5 Å². The van der Waals surface area contributed by atoms with E-state index < -0.39 is 17.3 Å². The third kappa shape index (κ3) is 2.54. The second-order valence-electron chi connectivity index (χ2n) is 8.78. The number of fused-ring (bicyclic) bond motifs is 5. The van der Waals surface area contributed by atoms with Crippen LogP contribution in [0.15, 0.2) is 18.2 Å². The molecule has 0 bridgehead atoms. The van der Waals surface area contributed by atoms with E-state index in [1.165, 1.54) is 5.56 Å². The second kappa shape index (κ2) is 5.93. The van der Waals surface area contributed by atoms with E-state index in [0.29, 0.717) is 12.8 Å². The molecule has 0 amide bonds. The predicted molar refractivity (Wildman–Crippen MR) is 93.4 cm³/mol. The van der Waals surface area contributed by atoms with Crippen LogP contribution in [0.5, 0.6) is 5.75 Å². The van der Waals surface area contributed by atoms with Gasteiger partial charge in [-0.1, -0.05) is 13.0 Å². The molecule has 5 atom stereocenters. The summed E-state index contributed by atoms with van der Waals surface area (Å²) in [7, 11) is 0. The molecule has 1 aromatic rings. The minimum absolute atomic E-state index is 0.0326. The number of carboxylic acids is 1. The molecule has 0 radical (unpaired) electrons. The van der Waals surface area contributed by atoms with E-state index >= 15 is 0 Å². The van der Waals surface area contributed by atoms with Gasteiger partial charge in [0.25, 0.3) is 5.92 Å². The summed E-state index contributed by atoms with van der Waals surface area (Å²) in [5.74, 6) is -3.29. The molecular weight excluding hydrogens is 338 g/mol. The number of aromatic hydroxyl groups is 1. The largest absolute Gasteiger partial charge is 0.508 e. The molecule has 0 spiro atoms. The van der Waals surface area contributed by atoms with E-state index in [0.717, 1.165) is 24.8 Å². The van der Waals surface area contributed by atoms with E-state index in [4.69, 9.17) is 5.11 Å². The van der Waals surface area contributed by atoms with Crippen LogP contribution in [0.25, 0.3) is 0 Å². The molecule has 0 unspecified atom stereocenters. The van der Waals surface area contributed by atoms with Crippen molar-refractivity contribution >= 4 is 5.97 Å². The molecule has 2 saturated carbocycles. The first-order chi connectivity index (χ1) is 12.2. The van der Waals surface area contributed by atoms with Gasteiger partial charge in [-0.15, -0.1) is 0 Å². The minimum atomic E-state index is -2.72. The van der Waals surface area contributed by atoms with Crippen LogP contribution in [-0.2, 0) is 11.2 Å². The zero-order valence-electron chi connectivity index (χ0n) is 15.0. The highest BCUT2D eigenvalue weighted by Crippen LogP contribution is 2.68. The SMILES string of the molecule is C[C@]12CC[C@@H]3c4ccc(O)cc4CC[C@H]3[C@@H]1[C@H](CCC(=O)O)CC2(F)F. The molecule has 3 aliphatic carbocycles. The lowest BCUT2D eigenvalue weighted by molar-refractivity contribution is -0.137. The lowest BCUT2D eigenvalue weighted by Crippen LogP contribution is -2.47. The van der Waals surface area contributed by atoms with Gasteiger partial charge in [-0.05, 0) is 79.0 Å². The van der Waals surface area contributed by atoms with Crippen LogP contribution < -0.4 is 0 Å². The summed E-state index contributed by atoms with van der Waals surface area (Å²) in [5, 5.41) is 18.8. The predicted octanol–water partition coefficient (Wildman–Crippen LogP) is 4.97. The van der Waals surface area contributed by atoms with Crippen LogP contribution in [0.1, 0.15) is 62.5 Å². The van der Waals surface area contributed by atoms with E-state index in [1.54, 1.807) is 13.0 Å². The Hall–Kier alpha value is -1.65. The molecule has 2 N–H and O–H groups in total. The van der Waals surface area contributed by atoms with Crippen molar-refractivity contribution in [1.82, 2.24) is 0 Å². The number of phenols is 1. The number of alkyl halides is 2. The van der Waals surface area contributed by atoms with Crippen LogP contribution in [0, 0.1) is 23.2 Å². The molecule has 26 heavy (non-hydrogen) atoms. The van der Waals surface area contributed by atoms with Crippen molar-refractivity contribution in [3.05, 3.63) is 29.3 Å². The van der Waals surface area contributed by atoms with Gasteiger partial charge in [0.1, 0.15) is 5.75 Å². The average Bonchev–Trinajstić information content (AvgIpc) is 2.78. The Kier molecular flexibility index (Phi) is 4.05. The molecule has 1 aromatic carbocycles. The van der Waals surface area contributed by atoms with Gasteiger partial charge in [0.05, 0.1) is 0 Å². The molecule has 3 aliphatic rings. The standard InChI is InChI=1S/C21H26F2O3/c1-20-9-8-16-15-6-4-14(24)10-12(15)2-5-17(16)19(20)13(3-7-18(25)26)11-21(20,22)23/h4,6,10,13,16-17,19,24H,2-3,5,7-9,11H2,1H3,(H,25,26)/t13-,16-,17-,19+,20+/m1/s1. The maximum absolute atomic E-state index is 15.0. The Morgan fingerprint density at radius 3 is 2.81 bits per heavy atom. The Bertz CT molecular complexity index is 732. The molecule has 0 aromatic heterocycles. The van der Waals surface area contributed by atoms with Gasteiger partial charge < -0.3 is 10.2 Å². The number of carbonyl (C=O) groups is 1. The maximum atomic E-state index is 15.0. The molecule has 0 aliphatic heterocycles. The number of aliphatic carboxylic acids is 1. The van der Waals surface area contributed by atoms with E-state index in [2.05, 4.69) is 0 Å². The summed E-state index contributed by atoms with van der Waals surface area (Å²) in [6, 6.07) is 5.47. The van der Waals surface area contributed by atoms with Gasteiger partial charge in [0.15, 0.2) is 0 Å². The normalized spacial score (nSPS) is 37.5. The van der Waals surface area contributed by atoms with Crippen molar-refractivity contribution in [2.45, 2.75) is 63.7 Å². The molecule has 4 rings (SSSR count). The second-order valence-corrected chi connectivity index (χ2v) is 8.78. The smallest absolute Gasteiger partial charge is 0.303 e. The fourth-order valence-corrected chi connectivity index (χ4v) is 6.39. The fourth-order valence-electron chi connectivity index (χ4n) is 6.39. The summed E-state index contributed by atoms with van der Waals surface area (Å²) in [6.45, 7) is 1.74. The number of hydrogen-bond donors (Lipinski definition) is 2. The lowest BCUT2D eigenvalue weighted by atomic mass is 9.53. The molecule has 142 valence electrons. The Morgan fingerprint density at radius 2 is 2.08 bits per heavy atom. The third-order valence-electron chi connectivity index (χ3n) is 7.55. The Labute approximate surface area is 152 Å². The highest BCUT2D eigenvalue weighted by molar-refractivity contribution is 5.66. The zero-order valence-corrected chi connectivity index (χ0v) is 15.0. The molecule has 2 fully saturated rings. The number of carboxylic acid groups (broad SMARTS) is 1. The van der Waals surface area contributed by atoms with E-state index in [9.17, 15) is 18.7 Å². The van der Waals surface area contributed by atoms with Crippen molar-refractivity contribution in [2.75, 3.05) is 0 Å². The number of rotatable bonds is 3. The maximum Gasteiger partial charge on any atom is 0.303 e. The molecule has 0 heterocycles. The third-order valence-corrected chi connectivity index (χ3v) is 7.55. The molecular formula is C21H26F2O3. The van der Waals surface area contributed by atoms with Crippen LogP contribution in [-0.4, -0.2) is 22.1 Å². The first kappa shape index (κ1) is 17.7. The highest BCUT2D eigenvalue weighted by atomic mass is 19.3. The van der Waals surface area contributed by atoms with Crippen molar-refractivity contribution in [1.29, 1.82) is 0 Å². The fraction of sp³-hybridized carbons (Fsp3) is 0.667. The average molecular weight is 364 g/mol. The lowest BCUT2D eigenvalue weighted by Gasteiger charge is -2.51. The molecule has 5 heteroatoms. The Balaban J connectivity index is 1.69. The highest BCUT2D eigenvalue weighted by Gasteiger charge is 2.67. The first-order valence-corrected chi connectivity index (χ1v) is 9.64. The zero-order chi connectivity index (χ0) is 18.7. The van der Waals surface area contributed by atoms with Crippen molar-refractivity contribution in [3.8, 4) is 5.75 Å². The summed E-state index contributed by atoms with van der Waals surface area (Å²) in [6.07, 6.45) is 3.02. The van der Waals surface area contributed by atoms with Crippen LogP contribution in [0.3, 0.4) is 0 Å². The number of phenolic OH excluding ortho intramolecular Hbond substituents is 1. The van der Waals surface area contributed by atoms with Crippen molar-refractivity contribution in [2.24, 2.45) is 23.2 Å². The summed E-state index contributed by atoms with van der Waals surface area (Å²) < 4.78 is 29.9. The van der Waals surface area contributed by atoms with Gasteiger partial charge in [-0.3, -0.25) is 4.79 Å². The van der Waals surface area contributed by atoms with Gasteiger partial charge >= 0.3 is 5.97 Å². The number of benzene rings is 1. The number of hydrogen-bond acceptors (Lipinski definition) is 2. The quantitative estimate of drug-likeness (QED) is 0.796.